The largest absolute Gasteiger partial charge is 0.394 e. The summed E-state index contributed by atoms with van der Waals surface area (Å²) in [5, 5.41) is 17.7. The van der Waals surface area contributed by atoms with Crippen molar-refractivity contribution >= 4 is 34.4 Å². The predicted molar refractivity (Wildman–Crippen MR) is 94.6 cm³/mol. The number of hydrogen-bond donors (Lipinski definition) is 1. The fraction of sp³-hybridized carbons (Fsp3) is 0.750. The molecule has 2 aromatic rings. The van der Waals surface area contributed by atoms with Crippen LogP contribution in [0.4, 0.5) is 0 Å². The second-order valence-corrected chi connectivity index (χ2v) is 7.90. The zero-order valence-electron chi connectivity index (χ0n) is 14.4. The van der Waals surface area contributed by atoms with E-state index in [1.807, 2.05) is 0 Å². The molecule has 3 fully saturated rings. The van der Waals surface area contributed by atoms with Crippen molar-refractivity contribution in [3.05, 3.63) is 10.4 Å². The van der Waals surface area contributed by atoms with E-state index in [-0.39, 0.29) is 48.0 Å². The fourth-order valence-corrected chi connectivity index (χ4v) is 4.91. The molecule has 5 rings (SSSR count). The fourth-order valence-electron chi connectivity index (χ4n) is 4.50. The monoisotopic (exact) mass is 415 g/mol. The molecule has 146 valence electrons. The van der Waals surface area contributed by atoms with Gasteiger partial charge in [-0.15, -0.1) is 5.10 Å². The summed E-state index contributed by atoms with van der Waals surface area (Å²) in [6, 6.07) is -0.189. The molecule has 2 aromatic heterocycles. The summed E-state index contributed by atoms with van der Waals surface area (Å²) in [6.07, 6.45) is 3.82. The van der Waals surface area contributed by atoms with Gasteiger partial charge in [0, 0.05) is 19.3 Å². The van der Waals surface area contributed by atoms with Gasteiger partial charge in [0.1, 0.15) is 12.2 Å². The van der Waals surface area contributed by atoms with Gasteiger partial charge in [-0.3, -0.25) is 0 Å². The summed E-state index contributed by atoms with van der Waals surface area (Å²) in [5.74, 6) is -0.546. The molecule has 1 spiro atoms. The molecule has 2 aliphatic carbocycles. The van der Waals surface area contributed by atoms with Crippen molar-refractivity contribution < 1.29 is 19.3 Å². The highest BCUT2D eigenvalue weighted by Gasteiger charge is 2.59. The maximum Gasteiger partial charge on any atom is 0.225 e. The molecule has 2 saturated carbocycles. The average Bonchev–Trinajstić information content (AvgIpc) is 3.39. The topological polar surface area (TPSA) is 104 Å². The highest BCUT2D eigenvalue weighted by atomic mass is 35.5. The lowest BCUT2D eigenvalue weighted by Gasteiger charge is -2.26. The van der Waals surface area contributed by atoms with Gasteiger partial charge >= 0.3 is 0 Å². The molecule has 3 aliphatic rings. The first-order valence-corrected chi connectivity index (χ1v) is 9.88. The molecular formula is C16H19Cl2N5O4. The molecular weight excluding hydrogens is 397 g/mol. The molecule has 1 aliphatic heterocycles. The molecule has 3 heterocycles. The maximum absolute atomic E-state index is 9.15. The third-order valence-electron chi connectivity index (χ3n) is 5.60. The van der Waals surface area contributed by atoms with Crippen molar-refractivity contribution in [2.24, 2.45) is 0 Å². The van der Waals surface area contributed by atoms with E-state index >= 15 is 0 Å². The molecule has 27 heavy (non-hydrogen) atoms. The first-order valence-electron chi connectivity index (χ1n) is 9.12. The van der Waals surface area contributed by atoms with Crippen LogP contribution in [0.5, 0.6) is 0 Å². The van der Waals surface area contributed by atoms with Crippen LogP contribution in [0.1, 0.15) is 38.1 Å². The van der Waals surface area contributed by atoms with Gasteiger partial charge in [-0.25, -0.2) is 9.67 Å². The van der Waals surface area contributed by atoms with E-state index < -0.39 is 5.79 Å². The Morgan fingerprint density at radius 2 is 1.96 bits per heavy atom. The first-order chi connectivity index (χ1) is 13.1. The van der Waals surface area contributed by atoms with Crippen LogP contribution in [0.15, 0.2) is 0 Å². The number of ether oxygens (including phenoxy) is 3. The van der Waals surface area contributed by atoms with Crippen LogP contribution in [-0.4, -0.2) is 67.4 Å². The van der Waals surface area contributed by atoms with Gasteiger partial charge in [0.15, 0.2) is 22.1 Å². The zero-order chi connectivity index (χ0) is 18.6. The van der Waals surface area contributed by atoms with Crippen LogP contribution in [0.2, 0.25) is 10.4 Å². The first kappa shape index (κ1) is 18.0. The Morgan fingerprint density at radius 3 is 2.74 bits per heavy atom. The van der Waals surface area contributed by atoms with Crippen LogP contribution in [0, 0.1) is 0 Å². The minimum absolute atomic E-state index is 0.0366. The number of fused-ring (bicyclic) bond motifs is 2. The maximum atomic E-state index is 9.15. The minimum Gasteiger partial charge on any atom is -0.394 e. The summed E-state index contributed by atoms with van der Waals surface area (Å²) in [7, 11) is 0. The van der Waals surface area contributed by atoms with E-state index in [9.17, 15) is 0 Å². The molecule has 4 atom stereocenters. The summed E-state index contributed by atoms with van der Waals surface area (Å²) < 4.78 is 20.3. The van der Waals surface area contributed by atoms with E-state index in [2.05, 4.69) is 20.3 Å². The number of hydrogen-bond acceptors (Lipinski definition) is 8. The molecule has 0 unspecified atom stereocenters. The SMILES string of the molecule is OCCO[C@H]1C[C@@H](n2nnc3c(Cl)nc(Cl)nc32)[C@@H]2OC3(CCCC3)O[C@@H]21. The highest BCUT2D eigenvalue weighted by molar-refractivity contribution is 6.35. The number of halogens is 2. The third kappa shape index (κ3) is 2.92. The molecule has 0 amide bonds. The number of aromatic nitrogens is 5. The lowest BCUT2D eigenvalue weighted by molar-refractivity contribution is -0.190. The van der Waals surface area contributed by atoms with Crippen LogP contribution in [0.25, 0.3) is 11.2 Å². The van der Waals surface area contributed by atoms with Crippen LogP contribution in [0.3, 0.4) is 0 Å². The Labute approximate surface area is 164 Å². The van der Waals surface area contributed by atoms with E-state index in [1.165, 1.54) is 0 Å². The van der Waals surface area contributed by atoms with Crippen molar-refractivity contribution in [2.75, 3.05) is 13.2 Å². The van der Waals surface area contributed by atoms with Gasteiger partial charge in [0.25, 0.3) is 0 Å². The van der Waals surface area contributed by atoms with Gasteiger partial charge in [-0.2, -0.15) is 4.98 Å². The molecule has 11 heteroatoms. The van der Waals surface area contributed by atoms with Crippen molar-refractivity contribution in [2.45, 2.75) is 62.2 Å². The Balaban J connectivity index is 1.52. The van der Waals surface area contributed by atoms with Gasteiger partial charge in [-0.1, -0.05) is 16.8 Å². The lowest BCUT2D eigenvalue weighted by atomic mass is 10.2. The third-order valence-corrected chi connectivity index (χ3v) is 6.03. The highest BCUT2D eigenvalue weighted by Crippen LogP contribution is 2.50. The van der Waals surface area contributed by atoms with E-state index in [0.29, 0.717) is 17.6 Å². The summed E-state index contributed by atoms with van der Waals surface area (Å²) in [5.41, 5.74) is 0.856. The number of aliphatic hydroxyl groups excluding tert-OH is 1. The van der Waals surface area contributed by atoms with Gasteiger partial charge in [0.2, 0.25) is 5.28 Å². The number of rotatable bonds is 4. The van der Waals surface area contributed by atoms with Gasteiger partial charge in [0.05, 0.1) is 25.4 Å². The van der Waals surface area contributed by atoms with Crippen molar-refractivity contribution in [1.29, 1.82) is 0 Å². The molecule has 9 nitrogen and oxygen atoms in total. The average molecular weight is 416 g/mol. The van der Waals surface area contributed by atoms with E-state index in [4.69, 9.17) is 42.5 Å². The number of nitrogens with zero attached hydrogens (tertiary/aromatic N) is 5. The predicted octanol–water partition coefficient (Wildman–Crippen LogP) is 1.90. The summed E-state index contributed by atoms with van der Waals surface area (Å²) in [6.45, 7) is 0.199. The van der Waals surface area contributed by atoms with E-state index in [1.54, 1.807) is 4.68 Å². The van der Waals surface area contributed by atoms with Crippen molar-refractivity contribution in [3.8, 4) is 0 Å². The smallest absolute Gasteiger partial charge is 0.225 e. The standard InChI is InChI=1S/C16H19Cl2N5O4/c17-13-10-14(20-15(18)19-13)23(22-21-10)8-7-9(25-6-5-24)12-11(8)26-16(27-12)3-1-2-4-16/h8-9,11-12,24H,1-7H2/t8-,9+,11+,12-/m1/s1. The van der Waals surface area contributed by atoms with Gasteiger partial charge < -0.3 is 19.3 Å². The van der Waals surface area contributed by atoms with Gasteiger partial charge in [-0.05, 0) is 24.4 Å². The Bertz CT molecular complexity index is 859. The minimum atomic E-state index is -0.546. The molecule has 1 saturated heterocycles. The quantitative estimate of drug-likeness (QED) is 0.596. The second kappa shape index (κ2) is 6.75. The van der Waals surface area contributed by atoms with Crippen LogP contribution in [-0.2, 0) is 14.2 Å². The molecule has 0 radical (unpaired) electrons. The Morgan fingerprint density at radius 1 is 1.19 bits per heavy atom. The Hall–Kier alpha value is -1.10. The number of aliphatic hydroxyl groups is 1. The second-order valence-electron chi connectivity index (χ2n) is 7.21. The van der Waals surface area contributed by atoms with E-state index in [0.717, 1.165) is 25.7 Å². The summed E-state index contributed by atoms with van der Waals surface area (Å²) >= 11 is 12.1. The Kier molecular flexibility index (Phi) is 4.49. The molecule has 0 bridgehead atoms. The van der Waals surface area contributed by atoms with Crippen LogP contribution < -0.4 is 0 Å². The van der Waals surface area contributed by atoms with Crippen molar-refractivity contribution in [3.63, 3.8) is 0 Å². The van der Waals surface area contributed by atoms with Crippen molar-refractivity contribution in [1.82, 2.24) is 25.0 Å². The zero-order valence-corrected chi connectivity index (χ0v) is 15.9. The normalized spacial score (nSPS) is 32.0. The van der Waals surface area contributed by atoms with Crippen LogP contribution >= 0.6 is 23.2 Å². The molecule has 0 aromatic carbocycles. The summed E-state index contributed by atoms with van der Waals surface area (Å²) in [4.78, 5) is 8.18. The molecule has 1 N–H and O–H groups in total. The lowest BCUT2D eigenvalue weighted by Crippen LogP contribution is -2.32.